The molecule has 3 aromatic rings. The molecule has 0 aliphatic heterocycles. The second-order valence-electron chi connectivity index (χ2n) is 9.44. The summed E-state index contributed by atoms with van der Waals surface area (Å²) in [5.74, 6) is 0.275. The fourth-order valence-electron chi connectivity index (χ4n) is 4.25. The minimum absolute atomic E-state index is 0.0849. The van der Waals surface area contributed by atoms with E-state index in [1.54, 1.807) is 24.1 Å². The Morgan fingerprint density at radius 3 is 2.67 bits per heavy atom. The molecule has 11 heteroatoms. The first-order valence-electron chi connectivity index (χ1n) is 12.8. The van der Waals surface area contributed by atoms with Crippen LogP contribution in [0.4, 0.5) is 0 Å². The van der Waals surface area contributed by atoms with Gasteiger partial charge in [-0.15, -0.1) is 11.3 Å². The predicted molar refractivity (Wildman–Crippen MR) is 163 cm³/mol. The highest BCUT2D eigenvalue weighted by Gasteiger charge is 2.26. The molecule has 0 spiro atoms. The van der Waals surface area contributed by atoms with Crippen LogP contribution in [0.2, 0.25) is 0 Å². The maximum Gasteiger partial charge on any atom is 0.253 e. The molecule has 0 bridgehead atoms. The zero-order chi connectivity index (χ0) is 28.5. The third kappa shape index (κ3) is 8.03. The molecule has 0 aliphatic carbocycles. The van der Waals surface area contributed by atoms with E-state index in [2.05, 4.69) is 34.2 Å². The largest absolute Gasteiger partial charge is 0.370 e. The number of guanidine groups is 1. The average Bonchev–Trinajstić information content (AvgIpc) is 3.49. The van der Waals surface area contributed by atoms with E-state index in [0.717, 1.165) is 21.3 Å². The third-order valence-corrected chi connectivity index (χ3v) is 8.03. The third-order valence-electron chi connectivity index (χ3n) is 6.34. The van der Waals surface area contributed by atoms with Gasteiger partial charge in [0.25, 0.3) is 5.91 Å². The SMILES string of the molecule is C/C=C\C=C/C(C)CCN(C)C(=O)c1ccc2c(c1)nc(-c1cc(Br)cs1)n2C(CCCNC(=N)N)C(N)=O. The van der Waals surface area contributed by atoms with Crippen LogP contribution in [-0.4, -0.2) is 52.4 Å². The number of nitrogens with two attached hydrogens (primary N) is 2. The van der Waals surface area contributed by atoms with E-state index in [9.17, 15) is 9.59 Å². The Bertz CT molecular complexity index is 1380. The lowest BCUT2D eigenvalue weighted by molar-refractivity contribution is -0.121. The maximum atomic E-state index is 13.2. The molecule has 2 aromatic heterocycles. The van der Waals surface area contributed by atoms with E-state index in [1.807, 2.05) is 47.2 Å². The quantitative estimate of drug-likeness (QED) is 0.0923. The zero-order valence-corrected chi connectivity index (χ0v) is 24.9. The molecule has 2 atom stereocenters. The van der Waals surface area contributed by atoms with Gasteiger partial charge in [0.15, 0.2) is 11.8 Å². The molecule has 2 amide bonds. The molecule has 0 fully saturated rings. The number of benzene rings is 1. The lowest BCUT2D eigenvalue weighted by atomic mass is 10.1. The molecule has 0 saturated heterocycles. The maximum absolute atomic E-state index is 13.2. The number of fused-ring (bicyclic) bond motifs is 1. The van der Waals surface area contributed by atoms with E-state index >= 15 is 0 Å². The van der Waals surface area contributed by atoms with Crippen LogP contribution in [0.15, 0.2) is 58.4 Å². The monoisotopic (exact) mass is 613 g/mol. The molecule has 9 nitrogen and oxygen atoms in total. The van der Waals surface area contributed by atoms with Crippen molar-refractivity contribution in [2.45, 2.75) is 39.2 Å². The van der Waals surface area contributed by atoms with Crippen molar-refractivity contribution in [2.24, 2.45) is 17.4 Å². The Morgan fingerprint density at radius 2 is 2.03 bits per heavy atom. The minimum atomic E-state index is -0.666. The summed E-state index contributed by atoms with van der Waals surface area (Å²) in [6, 6.07) is 6.67. The number of primary amides is 1. The molecule has 0 saturated carbocycles. The van der Waals surface area contributed by atoms with Crippen molar-refractivity contribution < 1.29 is 9.59 Å². The number of carbonyl (C=O) groups excluding carboxylic acids is 2. The average molecular weight is 615 g/mol. The van der Waals surface area contributed by atoms with Crippen LogP contribution in [-0.2, 0) is 4.79 Å². The van der Waals surface area contributed by atoms with Gasteiger partial charge in [0.1, 0.15) is 6.04 Å². The molecular formula is C28H36BrN7O2S. The Kier molecular flexibility index (Phi) is 10.9. The van der Waals surface area contributed by atoms with Crippen molar-refractivity contribution in [3.05, 3.63) is 64.0 Å². The van der Waals surface area contributed by atoms with Crippen molar-refractivity contribution in [3.8, 4) is 10.7 Å². The lowest BCUT2D eigenvalue weighted by Crippen LogP contribution is -2.32. The highest BCUT2D eigenvalue weighted by atomic mass is 79.9. The summed E-state index contributed by atoms with van der Waals surface area (Å²) in [4.78, 5) is 33.4. The van der Waals surface area contributed by atoms with E-state index < -0.39 is 11.9 Å². The highest BCUT2D eigenvalue weighted by Crippen LogP contribution is 2.35. The summed E-state index contributed by atoms with van der Waals surface area (Å²) < 4.78 is 2.77. The molecule has 1 aromatic carbocycles. The molecule has 6 N–H and O–H groups in total. The normalized spacial score (nSPS) is 13.2. The number of amides is 2. The van der Waals surface area contributed by atoms with Gasteiger partial charge in [-0.3, -0.25) is 15.0 Å². The molecular weight excluding hydrogens is 578 g/mol. The van der Waals surface area contributed by atoms with Crippen LogP contribution in [0.1, 0.15) is 49.5 Å². The number of nitrogens with one attached hydrogen (secondary N) is 2. The van der Waals surface area contributed by atoms with Crippen molar-refractivity contribution in [1.82, 2.24) is 19.8 Å². The van der Waals surface area contributed by atoms with Gasteiger partial charge in [-0.25, -0.2) is 4.98 Å². The van der Waals surface area contributed by atoms with Gasteiger partial charge >= 0.3 is 0 Å². The first kappa shape index (κ1) is 30.1. The van der Waals surface area contributed by atoms with Gasteiger partial charge in [0.2, 0.25) is 5.91 Å². The predicted octanol–water partition coefficient (Wildman–Crippen LogP) is 5.05. The van der Waals surface area contributed by atoms with Gasteiger partial charge in [-0.05, 0) is 72.3 Å². The van der Waals surface area contributed by atoms with Gasteiger partial charge < -0.3 is 26.3 Å². The highest BCUT2D eigenvalue weighted by molar-refractivity contribution is 9.10. The summed E-state index contributed by atoms with van der Waals surface area (Å²) in [6.45, 7) is 5.18. The molecule has 0 aliphatic rings. The Hall–Kier alpha value is -3.44. The van der Waals surface area contributed by atoms with E-state index in [0.29, 0.717) is 48.8 Å². The van der Waals surface area contributed by atoms with E-state index in [4.69, 9.17) is 21.9 Å². The summed E-state index contributed by atoms with van der Waals surface area (Å²) in [5, 5.41) is 12.1. The number of hydrogen-bond acceptors (Lipinski definition) is 5. The Labute approximate surface area is 241 Å². The molecule has 3 rings (SSSR count). The first-order chi connectivity index (χ1) is 18.6. The topological polar surface area (TPSA) is 143 Å². The van der Waals surface area contributed by atoms with E-state index in [1.165, 1.54) is 11.3 Å². The van der Waals surface area contributed by atoms with Crippen molar-refractivity contribution in [1.29, 1.82) is 5.41 Å². The molecule has 2 unspecified atom stereocenters. The summed E-state index contributed by atoms with van der Waals surface area (Å²) >= 11 is 5.00. The van der Waals surface area contributed by atoms with E-state index in [-0.39, 0.29) is 11.9 Å². The van der Waals surface area contributed by atoms with Gasteiger partial charge in [0.05, 0.1) is 15.9 Å². The number of imidazole rings is 1. The minimum Gasteiger partial charge on any atom is -0.370 e. The first-order valence-corrected chi connectivity index (χ1v) is 14.5. The fourth-order valence-corrected chi connectivity index (χ4v) is 5.66. The number of thiophene rings is 1. The Morgan fingerprint density at radius 1 is 1.26 bits per heavy atom. The number of aromatic nitrogens is 2. The molecule has 2 heterocycles. The van der Waals surface area contributed by atoms with Gasteiger partial charge in [-0.2, -0.15) is 0 Å². The number of hydrogen-bond donors (Lipinski definition) is 4. The lowest BCUT2D eigenvalue weighted by Gasteiger charge is -2.20. The number of rotatable bonds is 13. The number of nitrogens with zero attached hydrogens (tertiary/aromatic N) is 3. The second-order valence-corrected chi connectivity index (χ2v) is 11.3. The van der Waals surface area contributed by atoms with Crippen LogP contribution >= 0.6 is 27.3 Å². The molecule has 208 valence electrons. The van der Waals surface area contributed by atoms with Crippen molar-refractivity contribution >= 4 is 56.1 Å². The van der Waals surface area contributed by atoms with Crippen LogP contribution < -0.4 is 16.8 Å². The van der Waals surface area contributed by atoms with Crippen LogP contribution in [0.5, 0.6) is 0 Å². The van der Waals surface area contributed by atoms with Crippen LogP contribution in [0.25, 0.3) is 21.7 Å². The number of halogens is 1. The smallest absolute Gasteiger partial charge is 0.253 e. The fraction of sp³-hybridized carbons (Fsp3) is 0.357. The molecule has 39 heavy (non-hydrogen) atoms. The van der Waals surface area contributed by atoms with Gasteiger partial charge in [0, 0.05) is 35.6 Å². The van der Waals surface area contributed by atoms with Crippen LogP contribution in [0, 0.1) is 11.3 Å². The van der Waals surface area contributed by atoms with Crippen molar-refractivity contribution in [2.75, 3.05) is 20.1 Å². The second kappa shape index (κ2) is 14.1. The molecule has 0 radical (unpaired) electrons. The summed E-state index contributed by atoms with van der Waals surface area (Å²) in [7, 11) is 1.81. The van der Waals surface area contributed by atoms with Gasteiger partial charge in [-0.1, -0.05) is 31.2 Å². The number of carbonyl (C=O) groups is 2. The standard InChI is InChI=1S/C28H36BrN7O2S/c1-4-5-6-8-18(2)12-14-35(3)27(38)19-10-11-22-21(15-19)34-26(24-16-20(29)17-39-24)36(22)23(25(30)37)9-7-13-33-28(31)32/h4-6,8,10-11,15-18,23H,7,9,12-14H2,1-3H3,(H2,30,37)(H4,31,32,33)/b5-4-,8-6-. The summed E-state index contributed by atoms with van der Waals surface area (Å²) in [5.41, 5.74) is 13.1. The Balaban J connectivity index is 1.91. The van der Waals surface area contributed by atoms with Crippen molar-refractivity contribution in [3.63, 3.8) is 0 Å². The zero-order valence-electron chi connectivity index (χ0n) is 22.5. The van der Waals surface area contributed by atoms with Crippen LogP contribution in [0.3, 0.4) is 0 Å². The number of allylic oxidation sites excluding steroid dienone is 4. The summed E-state index contributed by atoms with van der Waals surface area (Å²) in [6.07, 6.45) is 10.00.